The first-order valence-corrected chi connectivity index (χ1v) is 12.2. The van der Waals surface area contributed by atoms with Crippen LogP contribution in [-0.2, 0) is 0 Å². The first-order chi connectivity index (χ1) is 14.0. The number of rotatable bonds is 6. The van der Waals surface area contributed by atoms with Crippen molar-refractivity contribution < 1.29 is 20.8 Å². The summed E-state index contributed by atoms with van der Waals surface area (Å²) < 4.78 is 0. The van der Waals surface area contributed by atoms with Gasteiger partial charge in [0.25, 0.3) is 0 Å². The number of aliphatic hydroxyl groups is 3. The molecule has 0 heterocycles. The van der Waals surface area contributed by atoms with Gasteiger partial charge in [-0.1, -0.05) is 51.0 Å². The first-order valence-electron chi connectivity index (χ1n) is 12.2. The van der Waals surface area contributed by atoms with Crippen molar-refractivity contribution >= 4 is 0 Å². The number of fused-ring (bicyclic) bond motifs is 1. The fourth-order valence-corrected chi connectivity index (χ4v) is 6.69. The Morgan fingerprint density at radius 2 is 1.84 bits per heavy atom. The lowest BCUT2D eigenvalue weighted by atomic mass is 9.60. The van der Waals surface area contributed by atoms with Crippen molar-refractivity contribution in [2.24, 2.45) is 23.2 Å². The van der Waals surface area contributed by atoms with Gasteiger partial charge in [-0.15, -0.1) is 0 Å². The molecular weight excluding hydrogens is 388 g/mol. The molecular formula is C27H46O4. The van der Waals surface area contributed by atoms with Gasteiger partial charge in [-0.05, 0) is 86.7 Å². The van der Waals surface area contributed by atoms with Crippen LogP contribution in [0.4, 0.5) is 0 Å². The predicted molar refractivity (Wildman–Crippen MR) is 128 cm³/mol. The summed E-state index contributed by atoms with van der Waals surface area (Å²) >= 11 is 0. The minimum atomic E-state index is -0.672. The summed E-state index contributed by atoms with van der Waals surface area (Å²) in [6, 6.07) is 0. The summed E-state index contributed by atoms with van der Waals surface area (Å²) in [5.74, 6) is 2.13. The fourth-order valence-electron chi connectivity index (χ4n) is 6.69. The summed E-state index contributed by atoms with van der Waals surface area (Å²) in [5, 5.41) is 29.9. The third-order valence-electron chi connectivity index (χ3n) is 8.45. The molecule has 4 nitrogen and oxygen atoms in total. The monoisotopic (exact) mass is 434 g/mol. The van der Waals surface area contributed by atoms with Crippen LogP contribution in [0.15, 0.2) is 35.5 Å². The van der Waals surface area contributed by atoms with Gasteiger partial charge in [0.15, 0.2) is 0 Å². The lowest BCUT2D eigenvalue weighted by Gasteiger charge is -2.44. The normalized spacial score (nSPS) is 37.6. The molecule has 0 amide bonds. The van der Waals surface area contributed by atoms with Gasteiger partial charge >= 0.3 is 0 Å². The summed E-state index contributed by atoms with van der Waals surface area (Å²) in [6.07, 6.45) is 13.7. The molecule has 4 heteroatoms. The molecule has 3 fully saturated rings. The van der Waals surface area contributed by atoms with Crippen LogP contribution in [0, 0.1) is 23.2 Å². The zero-order valence-corrected chi connectivity index (χ0v) is 20.2. The highest BCUT2D eigenvalue weighted by Gasteiger charge is 2.50. The summed E-state index contributed by atoms with van der Waals surface area (Å²) in [4.78, 5) is 0. The number of hydrogen-bond donors (Lipinski definition) is 3. The average molecular weight is 435 g/mol. The van der Waals surface area contributed by atoms with Crippen molar-refractivity contribution in [3.05, 3.63) is 35.5 Å². The Hall–Kier alpha value is -0.940. The van der Waals surface area contributed by atoms with Crippen LogP contribution in [0.2, 0.25) is 0 Å². The Bertz CT molecular complexity index is 686. The summed E-state index contributed by atoms with van der Waals surface area (Å²) in [6.45, 7) is 12.9. The Kier molecular flexibility index (Phi) is 8.77. The van der Waals surface area contributed by atoms with Crippen molar-refractivity contribution in [2.45, 2.75) is 110 Å². The lowest BCUT2D eigenvalue weighted by molar-refractivity contribution is 0.0138. The standard InChI is InChI=1S/C27H44O3.H2O/c1-18(8-6-14-26(3,4)30)22-12-13-23-20(9-7-15-27(22,23)5)10-11-21-17-25(29)24(28)16-19(21)2;/h10-11,18,22-25,28-30H,2,6-9,12-17H2,1,3-5H3;1H2/b20-10+,21-11-;/t18-,22-,23?,24?,25-,27-;/m1./s1. The van der Waals surface area contributed by atoms with Crippen molar-refractivity contribution in [2.75, 3.05) is 0 Å². The second kappa shape index (κ2) is 10.3. The molecule has 3 rings (SSSR count). The van der Waals surface area contributed by atoms with Gasteiger partial charge in [0.1, 0.15) is 0 Å². The Morgan fingerprint density at radius 3 is 2.52 bits per heavy atom. The van der Waals surface area contributed by atoms with Crippen LogP contribution in [0.1, 0.15) is 91.9 Å². The molecule has 0 aliphatic heterocycles. The Balaban J connectivity index is 0.00000341. The molecule has 3 saturated carbocycles. The SMILES string of the molecule is C=C1CC(O)[C@H](O)C/C1=C/C=C1\CCC[C@@]2(C)C1CC[C@@H]2[C@H](C)CCCC(C)(C)O.O. The molecule has 31 heavy (non-hydrogen) atoms. The lowest BCUT2D eigenvalue weighted by Crippen LogP contribution is -2.36. The van der Waals surface area contributed by atoms with Crippen molar-refractivity contribution in [1.29, 1.82) is 0 Å². The maximum atomic E-state index is 10.0. The molecule has 0 aromatic carbocycles. The second-order valence-electron chi connectivity index (χ2n) is 11.4. The van der Waals surface area contributed by atoms with E-state index in [9.17, 15) is 15.3 Å². The van der Waals surface area contributed by atoms with E-state index in [4.69, 9.17) is 0 Å². The highest BCUT2D eigenvalue weighted by atomic mass is 16.3. The van der Waals surface area contributed by atoms with Crippen LogP contribution in [0.5, 0.6) is 0 Å². The zero-order valence-electron chi connectivity index (χ0n) is 20.2. The molecule has 0 spiro atoms. The van der Waals surface area contributed by atoms with Gasteiger partial charge in [0.05, 0.1) is 17.8 Å². The van der Waals surface area contributed by atoms with E-state index < -0.39 is 17.8 Å². The molecule has 6 atom stereocenters. The van der Waals surface area contributed by atoms with Gasteiger partial charge in [-0.3, -0.25) is 0 Å². The van der Waals surface area contributed by atoms with E-state index in [0.29, 0.717) is 30.1 Å². The fraction of sp³-hybridized carbons (Fsp3) is 0.778. The average Bonchev–Trinajstić information content (AvgIpc) is 3.00. The Morgan fingerprint density at radius 1 is 1.16 bits per heavy atom. The van der Waals surface area contributed by atoms with Crippen LogP contribution in [0.25, 0.3) is 0 Å². The van der Waals surface area contributed by atoms with E-state index in [1.807, 2.05) is 13.8 Å². The van der Waals surface area contributed by atoms with Gasteiger partial charge in [-0.2, -0.15) is 0 Å². The van der Waals surface area contributed by atoms with E-state index in [1.54, 1.807) is 5.57 Å². The number of hydrogen-bond acceptors (Lipinski definition) is 3. The van der Waals surface area contributed by atoms with Crippen molar-refractivity contribution in [3.63, 3.8) is 0 Å². The molecule has 2 unspecified atom stereocenters. The quantitative estimate of drug-likeness (QED) is 0.556. The number of allylic oxidation sites excluding steroid dienone is 3. The largest absolute Gasteiger partial charge is 0.412 e. The van der Waals surface area contributed by atoms with Crippen LogP contribution in [-0.4, -0.2) is 38.6 Å². The van der Waals surface area contributed by atoms with Crippen LogP contribution >= 0.6 is 0 Å². The van der Waals surface area contributed by atoms with Crippen molar-refractivity contribution in [3.8, 4) is 0 Å². The molecule has 3 aliphatic rings. The number of aliphatic hydroxyl groups excluding tert-OH is 2. The smallest absolute Gasteiger partial charge is 0.0842 e. The minimum absolute atomic E-state index is 0. The molecule has 0 aromatic heterocycles. The van der Waals surface area contributed by atoms with Gasteiger partial charge in [0, 0.05) is 12.8 Å². The van der Waals surface area contributed by atoms with Crippen LogP contribution in [0.3, 0.4) is 0 Å². The molecule has 3 aliphatic carbocycles. The van der Waals surface area contributed by atoms with Crippen molar-refractivity contribution in [1.82, 2.24) is 0 Å². The highest BCUT2D eigenvalue weighted by molar-refractivity contribution is 5.37. The molecule has 0 saturated heterocycles. The van der Waals surface area contributed by atoms with E-state index in [0.717, 1.165) is 29.9 Å². The van der Waals surface area contributed by atoms with E-state index in [1.165, 1.54) is 38.5 Å². The third-order valence-corrected chi connectivity index (χ3v) is 8.45. The summed E-state index contributed by atoms with van der Waals surface area (Å²) in [5.41, 5.74) is 3.48. The topological polar surface area (TPSA) is 92.2 Å². The first kappa shape index (κ1) is 26.3. The molecule has 0 radical (unpaired) electrons. The molecule has 0 aromatic rings. The summed E-state index contributed by atoms with van der Waals surface area (Å²) in [7, 11) is 0. The predicted octanol–water partition coefficient (Wildman–Crippen LogP) is 4.88. The van der Waals surface area contributed by atoms with E-state index >= 15 is 0 Å². The van der Waals surface area contributed by atoms with Gasteiger partial charge < -0.3 is 20.8 Å². The second-order valence-corrected chi connectivity index (χ2v) is 11.4. The van der Waals surface area contributed by atoms with E-state index in [-0.39, 0.29) is 5.48 Å². The van der Waals surface area contributed by atoms with Gasteiger partial charge in [0.2, 0.25) is 0 Å². The van der Waals surface area contributed by atoms with Gasteiger partial charge in [-0.25, -0.2) is 0 Å². The minimum Gasteiger partial charge on any atom is -0.412 e. The molecule has 0 bridgehead atoms. The Labute approximate surface area is 189 Å². The van der Waals surface area contributed by atoms with Crippen LogP contribution < -0.4 is 0 Å². The molecule has 5 N–H and O–H groups in total. The van der Waals surface area contributed by atoms with E-state index in [2.05, 4.69) is 32.6 Å². The zero-order chi connectivity index (χ0) is 22.1. The maximum Gasteiger partial charge on any atom is 0.0842 e. The maximum absolute atomic E-state index is 10.0. The molecule has 178 valence electrons. The highest BCUT2D eigenvalue weighted by Crippen LogP contribution is 2.60. The third kappa shape index (κ3) is 6.10.